The highest BCUT2D eigenvalue weighted by atomic mass is 16.1. The summed E-state index contributed by atoms with van der Waals surface area (Å²) in [6.07, 6.45) is 10.9. The van der Waals surface area contributed by atoms with Gasteiger partial charge in [0.25, 0.3) is 0 Å². The summed E-state index contributed by atoms with van der Waals surface area (Å²) in [6.45, 7) is 0. The van der Waals surface area contributed by atoms with E-state index >= 15 is 0 Å². The van der Waals surface area contributed by atoms with Crippen LogP contribution in [0.15, 0.2) is 42.9 Å². The van der Waals surface area contributed by atoms with Gasteiger partial charge < -0.3 is 4.57 Å². The molecule has 2 aromatic rings. The van der Waals surface area contributed by atoms with Crippen LogP contribution in [0.1, 0.15) is 49.4 Å². The van der Waals surface area contributed by atoms with Crippen molar-refractivity contribution in [2.75, 3.05) is 0 Å². The molecule has 1 aromatic heterocycles. The topological polar surface area (TPSA) is 34.9 Å². The summed E-state index contributed by atoms with van der Waals surface area (Å²) in [5, 5.41) is 0. The summed E-state index contributed by atoms with van der Waals surface area (Å²) < 4.78 is 2.04. The molecule has 1 saturated carbocycles. The molecule has 0 amide bonds. The van der Waals surface area contributed by atoms with Crippen molar-refractivity contribution in [3.63, 3.8) is 0 Å². The minimum atomic E-state index is 0.0190. The van der Waals surface area contributed by atoms with E-state index in [1.165, 1.54) is 12.0 Å². The number of benzene rings is 1. The molecule has 1 unspecified atom stereocenters. The summed E-state index contributed by atoms with van der Waals surface area (Å²) in [6, 6.07) is 10.5. The molecule has 3 nitrogen and oxygen atoms in total. The van der Waals surface area contributed by atoms with E-state index in [-0.39, 0.29) is 6.04 Å². The fraction of sp³-hybridized carbons (Fsp3) is 0.444. The van der Waals surface area contributed by atoms with Gasteiger partial charge in [-0.25, -0.2) is 4.98 Å². The molecule has 1 fully saturated rings. The molecule has 0 N–H and O–H groups in total. The van der Waals surface area contributed by atoms with Crippen molar-refractivity contribution in [2.45, 2.75) is 51.0 Å². The summed E-state index contributed by atoms with van der Waals surface area (Å²) in [5.74, 6) is 0.375. The minimum Gasteiger partial charge on any atom is -0.327 e. The quantitative estimate of drug-likeness (QED) is 0.801. The summed E-state index contributed by atoms with van der Waals surface area (Å²) >= 11 is 0. The molecule has 1 aliphatic rings. The zero-order valence-electron chi connectivity index (χ0n) is 12.4. The zero-order valence-corrected chi connectivity index (χ0v) is 12.4. The fourth-order valence-corrected chi connectivity index (χ4v) is 3.05. The summed E-state index contributed by atoms with van der Waals surface area (Å²) in [7, 11) is 0. The van der Waals surface area contributed by atoms with Crippen LogP contribution in [-0.2, 0) is 17.6 Å². The van der Waals surface area contributed by atoms with E-state index in [1.807, 2.05) is 17.0 Å². The van der Waals surface area contributed by atoms with Crippen molar-refractivity contribution in [3.8, 4) is 0 Å². The van der Waals surface area contributed by atoms with Gasteiger partial charge in [0, 0.05) is 12.6 Å². The molecule has 1 heterocycles. The fourth-order valence-electron chi connectivity index (χ4n) is 3.05. The maximum atomic E-state index is 12.2. The van der Waals surface area contributed by atoms with E-state index in [4.69, 9.17) is 0 Å². The lowest BCUT2D eigenvalue weighted by Crippen LogP contribution is -2.16. The molecule has 0 aliphatic heterocycles. The van der Waals surface area contributed by atoms with Crippen molar-refractivity contribution in [1.82, 2.24) is 9.55 Å². The van der Waals surface area contributed by atoms with Crippen LogP contribution in [0.4, 0.5) is 0 Å². The van der Waals surface area contributed by atoms with Crippen molar-refractivity contribution in [2.24, 2.45) is 0 Å². The molecule has 0 radical (unpaired) electrons. The number of hydrogen-bond acceptors (Lipinski definition) is 2. The number of hydrogen-bond donors (Lipinski definition) is 0. The molecule has 0 saturated heterocycles. The van der Waals surface area contributed by atoms with Gasteiger partial charge in [0.05, 0.1) is 18.1 Å². The minimum absolute atomic E-state index is 0.0190. The Bertz CT molecular complexity index is 588. The second-order valence-corrected chi connectivity index (χ2v) is 5.88. The van der Waals surface area contributed by atoms with Crippen molar-refractivity contribution in [3.05, 3.63) is 54.1 Å². The third kappa shape index (κ3) is 3.60. The van der Waals surface area contributed by atoms with Crippen LogP contribution in [0.5, 0.6) is 0 Å². The second kappa shape index (κ2) is 6.70. The number of imidazole rings is 1. The number of aryl methyl sites for hydroxylation is 2. The molecule has 1 aromatic carbocycles. The van der Waals surface area contributed by atoms with E-state index < -0.39 is 0 Å². The highest BCUT2D eigenvalue weighted by molar-refractivity contribution is 5.82. The maximum absolute atomic E-state index is 12.2. The van der Waals surface area contributed by atoms with Gasteiger partial charge in [-0.15, -0.1) is 0 Å². The van der Waals surface area contributed by atoms with Crippen molar-refractivity contribution in [1.29, 1.82) is 0 Å². The van der Waals surface area contributed by atoms with Crippen LogP contribution in [0.25, 0.3) is 0 Å². The Morgan fingerprint density at radius 3 is 2.81 bits per heavy atom. The largest absolute Gasteiger partial charge is 0.327 e. The highest BCUT2D eigenvalue weighted by Crippen LogP contribution is 2.24. The van der Waals surface area contributed by atoms with Crippen LogP contribution in [0.2, 0.25) is 0 Å². The SMILES string of the molecule is O=C1CCCCCC1n1cnc(CCc2ccccc2)c1. The average Bonchev–Trinajstić information content (AvgIpc) is 2.88. The van der Waals surface area contributed by atoms with Gasteiger partial charge in [0.15, 0.2) is 5.78 Å². The first-order valence-corrected chi connectivity index (χ1v) is 7.92. The van der Waals surface area contributed by atoms with Gasteiger partial charge in [0.2, 0.25) is 0 Å². The lowest BCUT2D eigenvalue weighted by molar-refractivity contribution is -0.122. The Balaban J connectivity index is 1.64. The lowest BCUT2D eigenvalue weighted by Gasteiger charge is -2.13. The molecule has 1 aliphatic carbocycles. The Morgan fingerprint density at radius 2 is 1.95 bits per heavy atom. The standard InChI is InChI=1S/C18H22N2O/c21-18-10-6-2-5-9-17(18)20-13-16(19-14-20)12-11-15-7-3-1-4-8-15/h1,3-4,7-8,13-14,17H,2,5-6,9-12H2. The monoisotopic (exact) mass is 282 g/mol. The molecule has 1 atom stereocenters. The van der Waals surface area contributed by atoms with Crippen molar-refractivity contribution < 1.29 is 4.79 Å². The second-order valence-electron chi connectivity index (χ2n) is 5.88. The molecular formula is C18H22N2O. The number of carbonyl (C=O) groups excluding carboxylic acids is 1. The summed E-state index contributed by atoms with van der Waals surface area (Å²) in [5.41, 5.74) is 2.41. The first kappa shape index (κ1) is 14.1. The number of ketones is 1. The van der Waals surface area contributed by atoms with Gasteiger partial charge in [-0.1, -0.05) is 43.2 Å². The number of nitrogens with zero attached hydrogens (tertiary/aromatic N) is 2. The number of carbonyl (C=O) groups is 1. The van der Waals surface area contributed by atoms with Crippen LogP contribution in [-0.4, -0.2) is 15.3 Å². The Hall–Kier alpha value is -1.90. The Kier molecular flexibility index (Phi) is 4.49. The molecular weight excluding hydrogens is 260 g/mol. The average molecular weight is 282 g/mol. The predicted octanol–water partition coefficient (Wildman–Crippen LogP) is 3.74. The third-order valence-corrected chi connectivity index (χ3v) is 4.30. The van der Waals surface area contributed by atoms with Crippen LogP contribution in [0.3, 0.4) is 0 Å². The van der Waals surface area contributed by atoms with Gasteiger partial charge in [-0.3, -0.25) is 4.79 Å². The maximum Gasteiger partial charge on any atom is 0.155 e. The molecule has 3 rings (SSSR count). The first-order chi connectivity index (χ1) is 10.3. The van der Waals surface area contributed by atoms with E-state index in [9.17, 15) is 4.79 Å². The number of aromatic nitrogens is 2. The van der Waals surface area contributed by atoms with E-state index in [0.29, 0.717) is 5.78 Å². The van der Waals surface area contributed by atoms with Crippen molar-refractivity contribution >= 4 is 5.78 Å². The van der Waals surface area contributed by atoms with E-state index in [1.54, 1.807) is 0 Å². The zero-order chi connectivity index (χ0) is 14.5. The molecule has 0 bridgehead atoms. The van der Waals surface area contributed by atoms with Gasteiger partial charge >= 0.3 is 0 Å². The molecule has 3 heteroatoms. The summed E-state index contributed by atoms with van der Waals surface area (Å²) in [4.78, 5) is 16.6. The Labute approximate surface area is 126 Å². The lowest BCUT2D eigenvalue weighted by atomic mass is 10.1. The smallest absolute Gasteiger partial charge is 0.155 e. The molecule has 110 valence electrons. The first-order valence-electron chi connectivity index (χ1n) is 7.92. The predicted molar refractivity (Wildman–Crippen MR) is 83.2 cm³/mol. The Morgan fingerprint density at radius 1 is 1.10 bits per heavy atom. The van der Waals surface area contributed by atoms with Gasteiger partial charge in [-0.05, 0) is 31.2 Å². The highest BCUT2D eigenvalue weighted by Gasteiger charge is 2.22. The van der Waals surface area contributed by atoms with Gasteiger partial charge in [0.1, 0.15) is 0 Å². The van der Waals surface area contributed by atoms with Gasteiger partial charge in [-0.2, -0.15) is 0 Å². The number of Topliss-reactive ketones (excluding diaryl/α,β-unsaturated/α-hetero) is 1. The van der Waals surface area contributed by atoms with Crippen LogP contribution < -0.4 is 0 Å². The third-order valence-electron chi connectivity index (χ3n) is 4.30. The number of rotatable bonds is 4. The van der Waals surface area contributed by atoms with E-state index in [0.717, 1.165) is 44.2 Å². The molecule has 0 spiro atoms. The van der Waals surface area contributed by atoms with E-state index in [2.05, 4.69) is 35.4 Å². The molecule has 21 heavy (non-hydrogen) atoms. The normalized spacial score (nSPS) is 19.4. The van der Waals surface area contributed by atoms with Crippen LogP contribution in [0, 0.1) is 0 Å². The van der Waals surface area contributed by atoms with Crippen LogP contribution >= 0.6 is 0 Å².